The molecule has 32 heavy (non-hydrogen) atoms. The third-order valence-electron chi connectivity index (χ3n) is 5.42. The fourth-order valence-corrected chi connectivity index (χ4v) is 3.39. The molecule has 9 heteroatoms. The number of aryl methyl sites for hydroxylation is 1. The van der Waals surface area contributed by atoms with Crippen LogP contribution < -0.4 is 16.8 Å². The summed E-state index contributed by atoms with van der Waals surface area (Å²) in [6.45, 7) is 5.29. The number of primary amides is 1. The number of amides is 2. The molecule has 1 unspecified atom stereocenters. The largest absolute Gasteiger partial charge is 0.383 e. The van der Waals surface area contributed by atoms with Crippen molar-refractivity contribution in [2.75, 3.05) is 5.73 Å². The molecule has 0 aliphatic rings. The number of anilines is 1. The first kappa shape index (κ1) is 22.9. The molecule has 0 aliphatic heterocycles. The van der Waals surface area contributed by atoms with Crippen LogP contribution in [0.25, 0.3) is 11.3 Å². The van der Waals surface area contributed by atoms with E-state index in [4.69, 9.17) is 11.5 Å². The Balaban J connectivity index is 1.94. The van der Waals surface area contributed by atoms with Gasteiger partial charge >= 0.3 is 0 Å². The molecule has 0 fully saturated rings. The number of aromatic nitrogens is 2. The highest BCUT2D eigenvalue weighted by atomic mass is 19.1. The number of nitrogens with one attached hydrogen (secondary N) is 1. The van der Waals surface area contributed by atoms with E-state index in [1.165, 1.54) is 4.68 Å². The minimum Gasteiger partial charge on any atom is -0.383 e. The van der Waals surface area contributed by atoms with Crippen LogP contribution in [0.5, 0.6) is 0 Å². The molecular weight excluding hydrogens is 416 g/mol. The van der Waals surface area contributed by atoms with Gasteiger partial charge < -0.3 is 16.8 Å². The van der Waals surface area contributed by atoms with Crippen LogP contribution in [0.3, 0.4) is 0 Å². The molecule has 3 aromatic rings. The van der Waals surface area contributed by atoms with E-state index in [2.05, 4.69) is 10.4 Å². The Labute approximate surface area is 184 Å². The number of benzene rings is 2. The van der Waals surface area contributed by atoms with Gasteiger partial charge in [0.25, 0.3) is 11.8 Å². The van der Waals surface area contributed by atoms with E-state index in [9.17, 15) is 18.4 Å². The average Bonchev–Trinajstić information content (AvgIpc) is 3.10. The molecule has 5 N–H and O–H groups in total. The van der Waals surface area contributed by atoms with Gasteiger partial charge in [-0.3, -0.25) is 9.59 Å². The lowest BCUT2D eigenvalue weighted by Gasteiger charge is -2.11. The van der Waals surface area contributed by atoms with Crippen molar-refractivity contribution in [1.29, 1.82) is 0 Å². The van der Waals surface area contributed by atoms with Crippen LogP contribution in [0, 0.1) is 18.6 Å². The molecule has 0 spiro atoms. The predicted molar refractivity (Wildman–Crippen MR) is 118 cm³/mol. The van der Waals surface area contributed by atoms with Gasteiger partial charge in [0, 0.05) is 23.2 Å². The minimum atomic E-state index is -0.888. The molecule has 0 aliphatic carbocycles. The lowest BCUT2D eigenvalue weighted by molar-refractivity contribution is 0.0948. The number of hydrogen-bond acceptors (Lipinski definition) is 4. The third kappa shape index (κ3) is 4.32. The zero-order chi connectivity index (χ0) is 23.6. The molecule has 0 saturated heterocycles. The molecule has 3 rings (SSSR count). The Hall–Kier alpha value is -3.75. The Kier molecular flexibility index (Phi) is 6.57. The number of carbonyl (C=O) groups is 2. The monoisotopic (exact) mass is 441 g/mol. The van der Waals surface area contributed by atoms with E-state index in [0.717, 1.165) is 17.7 Å². The summed E-state index contributed by atoms with van der Waals surface area (Å²) in [4.78, 5) is 24.3. The topological polar surface area (TPSA) is 116 Å². The minimum absolute atomic E-state index is 0.00349. The van der Waals surface area contributed by atoms with Gasteiger partial charge in [-0.1, -0.05) is 25.1 Å². The lowest BCUT2D eigenvalue weighted by Crippen LogP contribution is -2.24. The summed E-state index contributed by atoms with van der Waals surface area (Å²) >= 11 is 0. The van der Waals surface area contributed by atoms with Crippen LogP contribution in [0.15, 0.2) is 36.4 Å². The Morgan fingerprint density at radius 3 is 2.50 bits per heavy atom. The second kappa shape index (κ2) is 9.17. The Morgan fingerprint density at radius 2 is 1.88 bits per heavy atom. The maximum Gasteiger partial charge on any atom is 0.254 e. The van der Waals surface area contributed by atoms with Gasteiger partial charge in [0.15, 0.2) is 0 Å². The van der Waals surface area contributed by atoms with Crippen molar-refractivity contribution in [3.05, 3.63) is 70.3 Å². The molecule has 2 amide bonds. The first-order chi connectivity index (χ1) is 15.1. The highest BCUT2D eigenvalue weighted by molar-refractivity contribution is 6.03. The van der Waals surface area contributed by atoms with Crippen LogP contribution in [-0.2, 0) is 6.54 Å². The van der Waals surface area contributed by atoms with Crippen molar-refractivity contribution in [2.24, 2.45) is 5.73 Å². The summed E-state index contributed by atoms with van der Waals surface area (Å²) in [7, 11) is 0. The fourth-order valence-electron chi connectivity index (χ4n) is 3.39. The normalized spacial score (nSPS) is 11.9. The van der Waals surface area contributed by atoms with Gasteiger partial charge in [-0.05, 0) is 44.0 Å². The van der Waals surface area contributed by atoms with E-state index >= 15 is 0 Å². The van der Waals surface area contributed by atoms with Crippen LogP contribution in [0.2, 0.25) is 0 Å². The zero-order valence-electron chi connectivity index (χ0n) is 18.1. The number of nitrogens with two attached hydrogens (primary N) is 2. The van der Waals surface area contributed by atoms with Crippen molar-refractivity contribution < 1.29 is 18.4 Å². The summed E-state index contributed by atoms with van der Waals surface area (Å²) in [6, 6.07) is 8.67. The van der Waals surface area contributed by atoms with Crippen molar-refractivity contribution in [3.63, 3.8) is 0 Å². The number of nitrogen functional groups attached to an aromatic ring is 1. The second-order valence-corrected chi connectivity index (χ2v) is 7.60. The van der Waals surface area contributed by atoms with E-state index < -0.39 is 23.4 Å². The summed E-state index contributed by atoms with van der Waals surface area (Å²) < 4.78 is 31.2. The second-order valence-electron chi connectivity index (χ2n) is 7.60. The Morgan fingerprint density at radius 1 is 1.19 bits per heavy atom. The smallest absolute Gasteiger partial charge is 0.254 e. The van der Waals surface area contributed by atoms with Gasteiger partial charge in [-0.25, -0.2) is 13.5 Å². The molecule has 1 aromatic heterocycles. The van der Waals surface area contributed by atoms with Crippen LogP contribution in [-0.4, -0.2) is 21.6 Å². The van der Waals surface area contributed by atoms with E-state index in [-0.39, 0.29) is 40.8 Å². The highest BCUT2D eigenvalue weighted by Gasteiger charge is 2.26. The molecule has 1 heterocycles. The zero-order valence-corrected chi connectivity index (χ0v) is 18.1. The maximum atomic E-state index is 15.0. The molecule has 1 atom stereocenters. The Bertz CT molecular complexity index is 1190. The average molecular weight is 441 g/mol. The highest BCUT2D eigenvalue weighted by Crippen LogP contribution is 2.32. The van der Waals surface area contributed by atoms with Gasteiger partial charge in [-0.2, -0.15) is 5.10 Å². The summed E-state index contributed by atoms with van der Waals surface area (Å²) in [5.74, 6) is -2.87. The summed E-state index contributed by atoms with van der Waals surface area (Å²) in [6.07, 6.45) is 0.653. The quantitative estimate of drug-likeness (QED) is 0.518. The van der Waals surface area contributed by atoms with E-state index in [1.807, 2.05) is 13.8 Å². The molecule has 0 saturated carbocycles. The van der Waals surface area contributed by atoms with E-state index in [0.29, 0.717) is 12.0 Å². The van der Waals surface area contributed by atoms with Crippen LogP contribution in [0.1, 0.15) is 58.2 Å². The third-order valence-corrected chi connectivity index (χ3v) is 5.42. The van der Waals surface area contributed by atoms with E-state index in [1.54, 1.807) is 31.2 Å². The van der Waals surface area contributed by atoms with Gasteiger partial charge in [0.1, 0.15) is 28.7 Å². The molecule has 2 aromatic carbocycles. The van der Waals surface area contributed by atoms with Gasteiger partial charge in [0.2, 0.25) is 0 Å². The van der Waals surface area contributed by atoms with Crippen molar-refractivity contribution >= 4 is 17.6 Å². The van der Waals surface area contributed by atoms with Crippen LogP contribution in [0.4, 0.5) is 14.6 Å². The number of halogens is 2. The van der Waals surface area contributed by atoms with Gasteiger partial charge in [0.05, 0.1) is 6.04 Å². The fraction of sp³-hybridized carbons (Fsp3) is 0.261. The molecule has 0 bridgehead atoms. The predicted octanol–water partition coefficient (Wildman–Crippen LogP) is 3.72. The van der Waals surface area contributed by atoms with Crippen molar-refractivity contribution in [2.45, 2.75) is 39.8 Å². The van der Waals surface area contributed by atoms with Crippen molar-refractivity contribution in [1.82, 2.24) is 15.1 Å². The maximum absolute atomic E-state index is 15.0. The number of nitrogens with zero attached hydrogens (tertiary/aromatic N) is 2. The molecule has 168 valence electrons. The summed E-state index contributed by atoms with van der Waals surface area (Å²) in [5.41, 5.74) is 12.1. The SMILES string of the molecule is CCC(C)n1nc(-c2cc(F)c(CNC(=O)c3ccccc3C)cc2F)c(C(N)=O)c1N. The number of carbonyl (C=O) groups excluding carboxylic acids is 2. The first-order valence-corrected chi connectivity index (χ1v) is 10.2. The van der Waals surface area contributed by atoms with Gasteiger partial charge in [-0.15, -0.1) is 0 Å². The lowest BCUT2D eigenvalue weighted by atomic mass is 10.0. The van der Waals surface area contributed by atoms with Crippen molar-refractivity contribution in [3.8, 4) is 11.3 Å². The number of rotatable bonds is 7. The molecule has 7 nitrogen and oxygen atoms in total. The standard InChI is InChI=1S/C23H25F2N5O2/c1-4-13(3)30-21(26)19(22(27)31)20(29-30)16-10-17(24)14(9-18(16)25)11-28-23(32)15-8-6-5-7-12(15)2/h5-10,13H,4,11,26H2,1-3H3,(H2,27,31)(H,28,32). The molecular formula is C23H25F2N5O2. The first-order valence-electron chi connectivity index (χ1n) is 10.2. The van der Waals surface area contributed by atoms with Crippen LogP contribution >= 0.6 is 0 Å². The molecule has 0 radical (unpaired) electrons. The summed E-state index contributed by atoms with van der Waals surface area (Å²) in [5, 5.41) is 6.83. The number of hydrogen-bond donors (Lipinski definition) is 3.